The second-order valence-corrected chi connectivity index (χ2v) is 7.69. The van der Waals surface area contributed by atoms with E-state index in [9.17, 15) is 16.8 Å². The summed E-state index contributed by atoms with van der Waals surface area (Å²) < 4.78 is 59.4. The summed E-state index contributed by atoms with van der Waals surface area (Å²) in [5.41, 5.74) is 0. The van der Waals surface area contributed by atoms with Gasteiger partial charge in [0.25, 0.3) is 0 Å². The van der Waals surface area contributed by atoms with Crippen molar-refractivity contribution < 1.29 is 29.7 Å². The normalized spacial score (nSPS) is 13.1. The van der Waals surface area contributed by atoms with Crippen molar-refractivity contribution >= 4 is 20.6 Å². The lowest BCUT2D eigenvalue weighted by Gasteiger charge is -2.10. The molecule has 0 unspecified atom stereocenters. The molecular weight excluding hydrogens is 294 g/mol. The van der Waals surface area contributed by atoms with Crippen molar-refractivity contribution in [1.29, 1.82) is 0 Å². The molecule has 0 heterocycles. The van der Waals surface area contributed by atoms with E-state index in [1.807, 2.05) is 0 Å². The summed E-state index contributed by atoms with van der Waals surface area (Å²) in [5, 5.41) is 0. The van der Waals surface area contributed by atoms with Crippen LogP contribution in [0, 0.1) is 0 Å². The van der Waals surface area contributed by atoms with Crippen LogP contribution in [0.5, 0.6) is 0 Å². The molecule has 0 radical (unpaired) electrons. The maximum atomic E-state index is 10.8. The second kappa shape index (κ2) is 8.85. The molecule has 0 aliphatic rings. The Morgan fingerprint density at radius 1 is 0.737 bits per heavy atom. The van der Waals surface area contributed by atoms with Gasteiger partial charge in [-0.05, 0) is 12.8 Å². The maximum absolute atomic E-state index is 10.8. The van der Waals surface area contributed by atoms with Gasteiger partial charge in [0.2, 0.25) is 0 Å². The predicted molar refractivity (Wildman–Crippen MR) is 71.5 cm³/mol. The van der Waals surface area contributed by atoms with Crippen molar-refractivity contribution in [3.05, 3.63) is 0 Å². The van der Waals surface area contributed by atoms with E-state index in [0.717, 1.165) is 19.3 Å². The molecule has 3 N–H and O–H groups in total. The van der Waals surface area contributed by atoms with Crippen LogP contribution in [0.3, 0.4) is 0 Å². The van der Waals surface area contributed by atoms with E-state index in [4.69, 9.17) is 9.11 Å². The van der Waals surface area contributed by atoms with Crippen LogP contribution in [0.15, 0.2) is 0 Å². The van der Waals surface area contributed by atoms with Crippen molar-refractivity contribution in [3.8, 4) is 0 Å². The van der Waals surface area contributed by atoms with E-state index in [2.05, 4.69) is 6.92 Å². The van der Waals surface area contributed by atoms with Gasteiger partial charge in [0, 0.05) is 0 Å². The Kier molecular flexibility index (Phi) is 8.75. The molecule has 0 fully saturated rings. The fourth-order valence-corrected chi connectivity index (χ4v) is 3.66. The summed E-state index contributed by atoms with van der Waals surface area (Å²) >= 11 is 0. The molecule has 0 atom stereocenters. The average molecular weight is 318 g/mol. The second-order valence-electron chi connectivity index (χ2n) is 4.55. The van der Waals surface area contributed by atoms with Crippen molar-refractivity contribution in [2.24, 2.45) is 0 Å². The minimum absolute atomic E-state index is 0.308. The highest BCUT2D eigenvalue weighted by atomic mass is 32.3. The largest absolute Gasteiger partial charge is 0.448 e. The first-order valence-corrected chi connectivity index (χ1v) is 9.38. The standard InChI is InChI=1S/C10H23NO6S2/c1-2-3-4-5-6-7-8-9-10-11(18(12,13)14)19(15,16)17/h2-10H2,1H3,(H,12,13,14)(H,15,16,17)/p+1. The predicted octanol–water partition coefficient (Wildman–Crippen LogP) is 0.618. The van der Waals surface area contributed by atoms with Crippen molar-refractivity contribution in [2.75, 3.05) is 6.54 Å². The first-order chi connectivity index (χ1) is 8.69. The molecule has 7 nitrogen and oxygen atoms in total. The van der Waals surface area contributed by atoms with Gasteiger partial charge in [-0.25, -0.2) is 9.11 Å². The van der Waals surface area contributed by atoms with Crippen molar-refractivity contribution in [2.45, 2.75) is 58.3 Å². The molecule has 0 aliphatic heterocycles. The third kappa shape index (κ3) is 9.33. The van der Waals surface area contributed by atoms with Gasteiger partial charge in [-0.3, -0.25) is 0 Å². The molecule has 0 aromatic heterocycles. The Labute approximate surface area is 115 Å². The molecule has 0 aliphatic carbocycles. The number of rotatable bonds is 11. The summed E-state index contributed by atoms with van der Waals surface area (Å²) in [6.07, 6.45) is 7.53. The summed E-state index contributed by atoms with van der Waals surface area (Å²) in [5.74, 6) is 0. The minimum Gasteiger partial charge on any atom is -0.240 e. The molecule has 0 saturated heterocycles. The first kappa shape index (κ1) is 18.8. The topological polar surface area (TPSA) is 113 Å². The van der Waals surface area contributed by atoms with Gasteiger partial charge >= 0.3 is 20.6 Å². The van der Waals surface area contributed by atoms with Gasteiger partial charge < -0.3 is 0 Å². The van der Waals surface area contributed by atoms with Gasteiger partial charge in [-0.15, -0.1) is 16.8 Å². The van der Waals surface area contributed by atoms with E-state index in [1.54, 1.807) is 0 Å². The monoisotopic (exact) mass is 318 g/mol. The van der Waals surface area contributed by atoms with E-state index >= 15 is 0 Å². The molecule has 0 amide bonds. The number of unbranched alkanes of at least 4 members (excludes halogenated alkanes) is 7. The van der Waals surface area contributed by atoms with Crippen molar-refractivity contribution in [1.82, 2.24) is 0 Å². The quantitative estimate of drug-likeness (QED) is 0.380. The zero-order chi connectivity index (χ0) is 14.9. The molecule has 19 heavy (non-hydrogen) atoms. The maximum Gasteiger partial charge on any atom is 0.448 e. The summed E-state index contributed by atoms with van der Waals surface area (Å²) in [6.45, 7) is 1.77. The number of quaternary nitrogens is 1. The lowest BCUT2D eigenvalue weighted by molar-refractivity contribution is -0.632. The Bertz CT molecular complexity index is 399. The number of hydrogen-bond donors (Lipinski definition) is 3. The molecule has 0 bridgehead atoms. The smallest absolute Gasteiger partial charge is 0.240 e. The Balaban J connectivity index is 3.91. The number of hydrogen-bond acceptors (Lipinski definition) is 4. The van der Waals surface area contributed by atoms with E-state index in [1.165, 1.54) is 19.3 Å². The Hall–Kier alpha value is -0.220. The fraction of sp³-hybridized carbons (Fsp3) is 1.00. The molecule has 0 spiro atoms. The third-order valence-corrected chi connectivity index (χ3v) is 5.63. The summed E-state index contributed by atoms with van der Waals surface area (Å²) in [6, 6.07) is 0. The lowest BCUT2D eigenvalue weighted by atomic mass is 10.1. The van der Waals surface area contributed by atoms with Crippen molar-refractivity contribution in [3.63, 3.8) is 0 Å². The zero-order valence-corrected chi connectivity index (χ0v) is 12.8. The fourth-order valence-electron chi connectivity index (χ4n) is 1.79. The zero-order valence-electron chi connectivity index (χ0n) is 11.2. The molecule has 9 heteroatoms. The summed E-state index contributed by atoms with van der Waals surface area (Å²) in [7, 11) is -9.70. The molecule has 0 aromatic carbocycles. The highest BCUT2D eigenvalue weighted by Crippen LogP contribution is 2.07. The Morgan fingerprint density at radius 3 is 1.47 bits per heavy atom. The van der Waals surface area contributed by atoms with Crippen LogP contribution in [0.2, 0.25) is 0 Å². The highest BCUT2D eigenvalue weighted by molar-refractivity contribution is 7.91. The first-order valence-electron chi connectivity index (χ1n) is 6.50. The van der Waals surface area contributed by atoms with Crippen LogP contribution in [0.4, 0.5) is 0 Å². The highest BCUT2D eigenvalue weighted by Gasteiger charge is 2.34. The molecule has 0 aromatic rings. The molecular formula is C10H24NO6S2+. The number of nitrogens with one attached hydrogen (secondary N) is 1. The SMILES string of the molecule is CCCCCCCCCC[NH+](S(=O)(=O)O)S(=O)(=O)O. The molecule has 0 rings (SSSR count). The van der Waals surface area contributed by atoms with E-state index < -0.39 is 24.3 Å². The van der Waals surface area contributed by atoms with Gasteiger partial charge in [0.1, 0.15) is 6.54 Å². The van der Waals surface area contributed by atoms with E-state index in [0.29, 0.717) is 12.8 Å². The van der Waals surface area contributed by atoms with Crippen LogP contribution in [-0.2, 0) is 20.6 Å². The van der Waals surface area contributed by atoms with E-state index in [-0.39, 0.29) is 6.54 Å². The third-order valence-electron chi connectivity index (χ3n) is 2.81. The van der Waals surface area contributed by atoms with Crippen LogP contribution < -0.4 is 3.71 Å². The van der Waals surface area contributed by atoms with Gasteiger partial charge in [0.05, 0.1) is 0 Å². The van der Waals surface area contributed by atoms with Gasteiger partial charge in [0.15, 0.2) is 0 Å². The Morgan fingerprint density at radius 2 is 1.11 bits per heavy atom. The molecule has 116 valence electrons. The lowest BCUT2D eigenvalue weighted by Crippen LogP contribution is -3.15. The summed E-state index contributed by atoms with van der Waals surface area (Å²) in [4.78, 5) is 0. The van der Waals surface area contributed by atoms with Gasteiger partial charge in [-0.1, -0.05) is 49.2 Å². The van der Waals surface area contributed by atoms with Crippen LogP contribution in [-0.4, -0.2) is 32.5 Å². The minimum atomic E-state index is -4.85. The van der Waals surface area contributed by atoms with Gasteiger partial charge in [-0.2, -0.15) is 0 Å². The van der Waals surface area contributed by atoms with Crippen LogP contribution in [0.25, 0.3) is 0 Å². The molecule has 0 saturated carbocycles. The van der Waals surface area contributed by atoms with Crippen LogP contribution >= 0.6 is 0 Å². The van der Waals surface area contributed by atoms with Crippen LogP contribution in [0.1, 0.15) is 58.3 Å². The average Bonchev–Trinajstić information content (AvgIpc) is 2.23.